The van der Waals surface area contributed by atoms with Crippen LogP contribution in [0.2, 0.25) is 0 Å². The molecule has 0 saturated heterocycles. The Hall–Kier alpha value is -1.39. The van der Waals surface area contributed by atoms with Crippen molar-refractivity contribution in [3.05, 3.63) is 46.4 Å². The summed E-state index contributed by atoms with van der Waals surface area (Å²) >= 11 is 1.70. The van der Waals surface area contributed by atoms with Crippen LogP contribution in [0.4, 0.5) is 0 Å². The molecule has 4 heteroatoms. The summed E-state index contributed by atoms with van der Waals surface area (Å²) in [5.74, 6) is 0.883. The second-order valence-electron chi connectivity index (χ2n) is 4.04. The number of benzene rings is 1. The fraction of sp³-hybridized carbons (Fsp3) is 0.357. The van der Waals surface area contributed by atoms with Crippen LogP contribution in [0, 0.1) is 0 Å². The van der Waals surface area contributed by atoms with E-state index in [2.05, 4.69) is 24.1 Å². The summed E-state index contributed by atoms with van der Waals surface area (Å²) in [6, 6.07) is 10.2. The lowest BCUT2D eigenvalue weighted by atomic mass is 10.3. The predicted octanol–water partition coefficient (Wildman–Crippen LogP) is 3.39. The summed E-state index contributed by atoms with van der Waals surface area (Å²) in [5.41, 5.74) is 0. The molecule has 18 heavy (non-hydrogen) atoms. The summed E-state index contributed by atoms with van der Waals surface area (Å²) in [4.78, 5) is 5.64. The third kappa shape index (κ3) is 3.55. The fourth-order valence-electron chi connectivity index (χ4n) is 1.66. The van der Waals surface area contributed by atoms with Gasteiger partial charge in [0.15, 0.2) is 0 Å². The molecule has 3 nitrogen and oxygen atoms in total. The van der Waals surface area contributed by atoms with Gasteiger partial charge in [0.25, 0.3) is 0 Å². The van der Waals surface area contributed by atoms with Gasteiger partial charge in [0, 0.05) is 17.1 Å². The smallest absolute Gasteiger partial charge is 0.140 e. The third-order valence-electron chi connectivity index (χ3n) is 2.61. The maximum Gasteiger partial charge on any atom is 0.140 e. The van der Waals surface area contributed by atoms with Crippen LogP contribution in [0.1, 0.15) is 29.8 Å². The van der Waals surface area contributed by atoms with Crippen molar-refractivity contribution in [2.24, 2.45) is 0 Å². The first-order valence-corrected chi connectivity index (χ1v) is 6.97. The molecule has 0 saturated carbocycles. The standard InChI is InChI=1S/C14H18N2OS/c1-3-15-11(2)13-9-16-14(18-13)10-17-12-7-5-4-6-8-12/h4-9,11,15H,3,10H2,1-2H3. The number of thiazole rings is 1. The van der Waals surface area contributed by atoms with E-state index >= 15 is 0 Å². The van der Waals surface area contributed by atoms with Crippen LogP contribution in [0.25, 0.3) is 0 Å². The topological polar surface area (TPSA) is 34.2 Å². The van der Waals surface area contributed by atoms with E-state index in [1.165, 1.54) is 4.88 Å². The van der Waals surface area contributed by atoms with Gasteiger partial charge >= 0.3 is 0 Å². The van der Waals surface area contributed by atoms with Crippen molar-refractivity contribution in [2.75, 3.05) is 6.54 Å². The van der Waals surface area contributed by atoms with E-state index in [1.807, 2.05) is 36.5 Å². The lowest BCUT2D eigenvalue weighted by molar-refractivity contribution is 0.305. The van der Waals surface area contributed by atoms with E-state index < -0.39 is 0 Å². The lowest BCUT2D eigenvalue weighted by Crippen LogP contribution is -2.16. The number of hydrogen-bond donors (Lipinski definition) is 1. The maximum atomic E-state index is 5.67. The number of nitrogens with zero attached hydrogens (tertiary/aromatic N) is 1. The van der Waals surface area contributed by atoms with Gasteiger partial charge in [-0.2, -0.15) is 0 Å². The number of hydrogen-bond acceptors (Lipinski definition) is 4. The molecule has 0 amide bonds. The van der Waals surface area contributed by atoms with Gasteiger partial charge in [-0.05, 0) is 25.6 Å². The quantitative estimate of drug-likeness (QED) is 0.866. The first kappa shape index (κ1) is 13.1. The Bertz CT molecular complexity index is 470. The Morgan fingerprint density at radius 2 is 2.11 bits per heavy atom. The van der Waals surface area contributed by atoms with Crippen LogP contribution in [0.5, 0.6) is 5.75 Å². The molecule has 1 heterocycles. The van der Waals surface area contributed by atoms with Crippen molar-refractivity contribution in [1.29, 1.82) is 0 Å². The zero-order chi connectivity index (χ0) is 12.8. The molecule has 1 N–H and O–H groups in total. The Balaban J connectivity index is 1.91. The second kappa shape index (κ2) is 6.52. The minimum atomic E-state index is 0.359. The lowest BCUT2D eigenvalue weighted by Gasteiger charge is -2.08. The molecular formula is C14H18N2OS. The Morgan fingerprint density at radius 3 is 2.83 bits per heavy atom. The average Bonchev–Trinajstić information content (AvgIpc) is 2.87. The highest BCUT2D eigenvalue weighted by Gasteiger charge is 2.08. The van der Waals surface area contributed by atoms with Crippen molar-refractivity contribution in [1.82, 2.24) is 10.3 Å². The van der Waals surface area contributed by atoms with Gasteiger partial charge in [0.2, 0.25) is 0 Å². The number of aromatic nitrogens is 1. The summed E-state index contributed by atoms with van der Waals surface area (Å²) in [5, 5.41) is 4.39. The van der Waals surface area contributed by atoms with Gasteiger partial charge in [0.05, 0.1) is 0 Å². The van der Waals surface area contributed by atoms with Gasteiger partial charge < -0.3 is 10.1 Å². The Morgan fingerprint density at radius 1 is 1.33 bits per heavy atom. The zero-order valence-corrected chi connectivity index (χ0v) is 11.5. The van der Waals surface area contributed by atoms with Crippen LogP contribution in [-0.4, -0.2) is 11.5 Å². The van der Waals surface area contributed by atoms with E-state index in [1.54, 1.807) is 11.3 Å². The highest BCUT2D eigenvalue weighted by atomic mass is 32.1. The number of para-hydroxylation sites is 1. The Kier molecular flexibility index (Phi) is 4.73. The number of rotatable bonds is 6. The highest BCUT2D eigenvalue weighted by Crippen LogP contribution is 2.21. The monoisotopic (exact) mass is 262 g/mol. The molecule has 1 unspecified atom stereocenters. The summed E-state index contributed by atoms with van der Waals surface area (Å²) in [6.45, 7) is 5.76. The molecule has 1 atom stereocenters. The summed E-state index contributed by atoms with van der Waals surface area (Å²) in [6.07, 6.45) is 1.93. The molecule has 0 bridgehead atoms. The number of nitrogens with one attached hydrogen (secondary N) is 1. The Labute approximate surface area is 112 Å². The molecule has 0 aliphatic rings. The van der Waals surface area contributed by atoms with Crippen molar-refractivity contribution in [3.63, 3.8) is 0 Å². The van der Waals surface area contributed by atoms with Crippen LogP contribution >= 0.6 is 11.3 Å². The van der Waals surface area contributed by atoms with E-state index in [-0.39, 0.29) is 0 Å². The first-order valence-electron chi connectivity index (χ1n) is 6.15. The average molecular weight is 262 g/mol. The second-order valence-corrected chi connectivity index (χ2v) is 5.18. The normalized spacial score (nSPS) is 12.3. The van der Waals surface area contributed by atoms with Crippen molar-refractivity contribution in [3.8, 4) is 5.75 Å². The zero-order valence-electron chi connectivity index (χ0n) is 10.7. The van der Waals surface area contributed by atoms with Gasteiger partial charge in [0.1, 0.15) is 17.4 Å². The van der Waals surface area contributed by atoms with E-state index in [0.29, 0.717) is 12.6 Å². The third-order valence-corrected chi connectivity index (χ3v) is 3.77. The fourth-order valence-corrected chi connectivity index (χ4v) is 2.52. The largest absolute Gasteiger partial charge is 0.486 e. The molecule has 0 aliphatic heterocycles. The summed E-state index contributed by atoms with van der Waals surface area (Å²) < 4.78 is 5.67. The molecular weight excluding hydrogens is 244 g/mol. The van der Waals surface area contributed by atoms with Crippen LogP contribution in [-0.2, 0) is 6.61 Å². The first-order chi connectivity index (χ1) is 8.79. The van der Waals surface area contributed by atoms with Gasteiger partial charge in [-0.1, -0.05) is 25.1 Å². The highest BCUT2D eigenvalue weighted by molar-refractivity contribution is 7.11. The summed E-state index contributed by atoms with van der Waals surface area (Å²) in [7, 11) is 0. The maximum absolute atomic E-state index is 5.67. The van der Waals surface area contributed by atoms with Gasteiger partial charge in [-0.15, -0.1) is 11.3 Å². The van der Waals surface area contributed by atoms with Gasteiger partial charge in [-0.25, -0.2) is 4.98 Å². The molecule has 0 aliphatic carbocycles. The SMILES string of the molecule is CCNC(C)c1cnc(COc2ccccc2)s1. The van der Waals surface area contributed by atoms with E-state index in [4.69, 9.17) is 4.74 Å². The molecule has 0 fully saturated rings. The van der Waals surface area contributed by atoms with Crippen molar-refractivity contribution >= 4 is 11.3 Å². The van der Waals surface area contributed by atoms with Gasteiger partial charge in [-0.3, -0.25) is 0 Å². The molecule has 0 radical (unpaired) electrons. The molecule has 0 spiro atoms. The molecule has 2 rings (SSSR count). The van der Waals surface area contributed by atoms with Crippen LogP contribution in [0.15, 0.2) is 36.5 Å². The molecule has 1 aromatic heterocycles. The predicted molar refractivity (Wildman–Crippen MR) is 75.0 cm³/mol. The molecule has 96 valence electrons. The van der Waals surface area contributed by atoms with Crippen molar-refractivity contribution < 1.29 is 4.74 Å². The van der Waals surface area contributed by atoms with Crippen LogP contribution in [0.3, 0.4) is 0 Å². The van der Waals surface area contributed by atoms with Crippen LogP contribution < -0.4 is 10.1 Å². The van der Waals surface area contributed by atoms with Crippen molar-refractivity contribution in [2.45, 2.75) is 26.5 Å². The van der Waals surface area contributed by atoms with E-state index in [0.717, 1.165) is 17.3 Å². The minimum Gasteiger partial charge on any atom is -0.486 e. The molecule has 2 aromatic rings. The number of ether oxygens (including phenoxy) is 1. The van der Waals surface area contributed by atoms with E-state index in [9.17, 15) is 0 Å². The molecule has 1 aromatic carbocycles. The minimum absolute atomic E-state index is 0.359.